The van der Waals surface area contributed by atoms with Gasteiger partial charge in [0.05, 0.1) is 0 Å². The number of carbonyl (C=O) groups excluding carboxylic acids is 2. The number of nitrogens with one attached hydrogen (secondary N) is 2. The van der Waals surface area contributed by atoms with Crippen molar-refractivity contribution in [3.05, 3.63) is 65.7 Å². The summed E-state index contributed by atoms with van der Waals surface area (Å²) in [5, 5.41) is 5.62. The molecule has 0 fully saturated rings. The van der Waals surface area contributed by atoms with Crippen LogP contribution < -0.4 is 15.4 Å². The summed E-state index contributed by atoms with van der Waals surface area (Å²) in [6.45, 7) is 11.5. The van der Waals surface area contributed by atoms with Crippen molar-refractivity contribution in [3.63, 3.8) is 0 Å². The van der Waals surface area contributed by atoms with E-state index in [1.54, 1.807) is 20.8 Å². The average Bonchev–Trinajstić information content (AvgIpc) is 2.65. The molecule has 0 spiro atoms. The molecule has 0 saturated carbocycles. The highest BCUT2D eigenvalue weighted by molar-refractivity contribution is 5.86. The standard InChI is InChI=1S/C25H34N2O4/c1-24(2,3)27-22(28)21(26-23(29)31-25(4,5)6)16-18-12-14-20(15-13-18)30-17-19-10-8-7-9-11-19/h7-15,21H,16-17H2,1-6H3,(H,26,29)(H,27,28)/t21-/m0/s1. The molecule has 0 bridgehead atoms. The number of hydrogen-bond acceptors (Lipinski definition) is 4. The molecular weight excluding hydrogens is 392 g/mol. The van der Waals surface area contributed by atoms with Crippen LogP contribution in [0, 0.1) is 0 Å². The second-order valence-electron chi connectivity index (χ2n) is 9.56. The summed E-state index contributed by atoms with van der Waals surface area (Å²) in [5.74, 6) is 0.478. The van der Waals surface area contributed by atoms with Gasteiger partial charge in [0, 0.05) is 12.0 Å². The Morgan fingerprint density at radius 1 is 0.871 bits per heavy atom. The van der Waals surface area contributed by atoms with Gasteiger partial charge in [-0.2, -0.15) is 0 Å². The first-order chi connectivity index (χ1) is 14.4. The Labute approximate surface area is 185 Å². The minimum Gasteiger partial charge on any atom is -0.489 e. The minimum absolute atomic E-state index is 0.261. The van der Waals surface area contributed by atoms with Gasteiger partial charge in [0.15, 0.2) is 0 Å². The summed E-state index contributed by atoms with van der Waals surface area (Å²) in [4.78, 5) is 25.1. The topological polar surface area (TPSA) is 76.7 Å². The molecule has 0 heterocycles. The van der Waals surface area contributed by atoms with Gasteiger partial charge < -0.3 is 20.1 Å². The third-order valence-corrected chi connectivity index (χ3v) is 4.12. The van der Waals surface area contributed by atoms with Gasteiger partial charge in [0.2, 0.25) is 5.91 Å². The molecule has 2 N–H and O–H groups in total. The maximum atomic E-state index is 12.8. The predicted octanol–water partition coefficient (Wildman–Crippen LogP) is 4.62. The first kappa shape index (κ1) is 24.3. The second kappa shape index (κ2) is 10.3. The molecule has 0 radical (unpaired) electrons. The molecule has 1 atom stereocenters. The SMILES string of the molecule is CC(C)(C)NC(=O)[C@H](Cc1ccc(OCc2ccccc2)cc1)NC(=O)OC(C)(C)C. The summed E-state index contributed by atoms with van der Waals surface area (Å²) in [6.07, 6.45) is -0.287. The summed E-state index contributed by atoms with van der Waals surface area (Å²) in [5.41, 5.74) is 0.927. The van der Waals surface area contributed by atoms with Gasteiger partial charge in [-0.3, -0.25) is 4.79 Å². The van der Waals surface area contributed by atoms with Crippen molar-refractivity contribution in [2.45, 2.75) is 71.8 Å². The summed E-state index contributed by atoms with van der Waals surface area (Å²) >= 11 is 0. The van der Waals surface area contributed by atoms with E-state index in [1.807, 2.05) is 75.4 Å². The Kier molecular flexibility index (Phi) is 8.08. The molecule has 0 aliphatic rings. The molecule has 168 valence electrons. The second-order valence-corrected chi connectivity index (χ2v) is 9.56. The maximum Gasteiger partial charge on any atom is 0.408 e. The van der Waals surface area contributed by atoms with Crippen LogP contribution in [-0.4, -0.2) is 29.2 Å². The van der Waals surface area contributed by atoms with Crippen molar-refractivity contribution < 1.29 is 19.1 Å². The van der Waals surface area contributed by atoms with E-state index in [4.69, 9.17) is 9.47 Å². The summed E-state index contributed by atoms with van der Waals surface area (Å²) < 4.78 is 11.1. The molecule has 6 heteroatoms. The van der Waals surface area contributed by atoms with Crippen molar-refractivity contribution in [3.8, 4) is 5.75 Å². The highest BCUT2D eigenvalue weighted by Crippen LogP contribution is 2.16. The number of hydrogen-bond donors (Lipinski definition) is 2. The molecule has 2 aromatic carbocycles. The van der Waals surface area contributed by atoms with Gasteiger partial charge in [-0.25, -0.2) is 4.79 Å². The highest BCUT2D eigenvalue weighted by atomic mass is 16.6. The van der Waals surface area contributed by atoms with Crippen LogP contribution >= 0.6 is 0 Å². The molecule has 2 amide bonds. The van der Waals surface area contributed by atoms with Crippen LogP contribution in [0.2, 0.25) is 0 Å². The van der Waals surface area contributed by atoms with E-state index < -0.39 is 23.3 Å². The van der Waals surface area contributed by atoms with Crippen LogP contribution in [0.15, 0.2) is 54.6 Å². The summed E-state index contributed by atoms with van der Waals surface area (Å²) in [7, 11) is 0. The van der Waals surface area contributed by atoms with E-state index >= 15 is 0 Å². The summed E-state index contributed by atoms with van der Waals surface area (Å²) in [6, 6.07) is 16.7. The molecule has 0 aromatic heterocycles. The normalized spacial score (nSPS) is 12.6. The van der Waals surface area contributed by atoms with Crippen LogP contribution in [0.25, 0.3) is 0 Å². The Morgan fingerprint density at radius 3 is 2.03 bits per heavy atom. The van der Waals surface area contributed by atoms with E-state index in [0.29, 0.717) is 13.0 Å². The average molecular weight is 427 g/mol. The molecule has 6 nitrogen and oxygen atoms in total. The van der Waals surface area contributed by atoms with E-state index in [9.17, 15) is 9.59 Å². The number of ether oxygens (including phenoxy) is 2. The third kappa shape index (κ3) is 9.55. The first-order valence-electron chi connectivity index (χ1n) is 10.5. The number of amides is 2. The minimum atomic E-state index is -0.759. The fraction of sp³-hybridized carbons (Fsp3) is 0.440. The van der Waals surface area contributed by atoms with Gasteiger partial charge >= 0.3 is 6.09 Å². The lowest BCUT2D eigenvalue weighted by atomic mass is 10.0. The fourth-order valence-electron chi connectivity index (χ4n) is 2.81. The molecule has 0 aliphatic heterocycles. The first-order valence-corrected chi connectivity index (χ1v) is 10.5. The van der Waals surface area contributed by atoms with Crippen molar-refractivity contribution in [1.82, 2.24) is 10.6 Å². The highest BCUT2D eigenvalue weighted by Gasteiger charge is 2.27. The molecule has 31 heavy (non-hydrogen) atoms. The van der Waals surface area contributed by atoms with Crippen molar-refractivity contribution in [2.24, 2.45) is 0 Å². The van der Waals surface area contributed by atoms with Gasteiger partial charge in [-0.1, -0.05) is 42.5 Å². The molecule has 0 aliphatic carbocycles. The number of alkyl carbamates (subject to hydrolysis) is 1. The van der Waals surface area contributed by atoms with E-state index in [1.165, 1.54) is 0 Å². The monoisotopic (exact) mass is 426 g/mol. The van der Waals surface area contributed by atoms with Gasteiger partial charge in [0.1, 0.15) is 24.0 Å². The lowest BCUT2D eigenvalue weighted by molar-refractivity contribution is -0.124. The van der Waals surface area contributed by atoms with Gasteiger partial charge in [-0.15, -0.1) is 0 Å². The predicted molar refractivity (Wildman–Crippen MR) is 122 cm³/mol. The largest absolute Gasteiger partial charge is 0.489 e. The Hall–Kier alpha value is -3.02. The molecule has 2 aromatic rings. The number of benzene rings is 2. The van der Waals surface area contributed by atoms with Crippen molar-refractivity contribution in [2.75, 3.05) is 0 Å². The van der Waals surface area contributed by atoms with Crippen LogP contribution in [0.3, 0.4) is 0 Å². The van der Waals surface area contributed by atoms with Crippen LogP contribution in [0.5, 0.6) is 5.75 Å². The maximum absolute atomic E-state index is 12.8. The lowest BCUT2D eigenvalue weighted by Crippen LogP contribution is -2.53. The zero-order chi connectivity index (χ0) is 23.1. The van der Waals surface area contributed by atoms with E-state index in [2.05, 4.69) is 10.6 Å². The number of carbonyl (C=O) groups is 2. The zero-order valence-electron chi connectivity index (χ0n) is 19.3. The molecule has 0 saturated heterocycles. The van der Waals surface area contributed by atoms with E-state index in [-0.39, 0.29) is 5.91 Å². The van der Waals surface area contributed by atoms with E-state index in [0.717, 1.165) is 16.9 Å². The lowest BCUT2D eigenvalue weighted by Gasteiger charge is -2.27. The molecule has 0 unspecified atom stereocenters. The number of rotatable bonds is 7. The Morgan fingerprint density at radius 2 is 1.48 bits per heavy atom. The smallest absolute Gasteiger partial charge is 0.408 e. The van der Waals surface area contributed by atoms with Crippen LogP contribution in [0.1, 0.15) is 52.7 Å². The fourth-order valence-corrected chi connectivity index (χ4v) is 2.81. The quantitative estimate of drug-likeness (QED) is 0.678. The van der Waals surface area contributed by atoms with Gasteiger partial charge in [0.25, 0.3) is 0 Å². The Balaban J connectivity index is 2.04. The Bertz CT molecular complexity index is 850. The zero-order valence-corrected chi connectivity index (χ0v) is 19.3. The van der Waals surface area contributed by atoms with Crippen LogP contribution in [0.4, 0.5) is 4.79 Å². The molecule has 2 rings (SSSR count). The molecular formula is C25H34N2O4. The van der Waals surface area contributed by atoms with Crippen LogP contribution in [-0.2, 0) is 22.6 Å². The van der Waals surface area contributed by atoms with Crippen molar-refractivity contribution >= 4 is 12.0 Å². The van der Waals surface area contributed by atoms with Crippen molar-refractivity contribution in [1.29, 1.82) is 0 Å². The third-order valence-electron chi connectivity index (χ3n) is 4.12. The van der Waals surface area contributed by atoms with Gasteiger partial charge in [-0.05, 0) is 64.8 Å².